The molecule has 2 rings (SSSR count). The summed E-state index contributed by atoms with van der Waals surface area (Å²) < 4.78 is 5.41. The molecular formula is C16H18N2O2. The monoisotopic (exact) mass is 270 g/mol. The van der Waals surface area contributed by atoms with Crippen molar-refractivity contribution in [2.24, 2.45) is 0 Å². The first-order valence-electron chi connectivity index (χ1n) is 6.40. The lowest BCUT2D eigenvalue weighted by atomic mass is 10.2. The number of amides is 1. The molecule has 1 amide bonds. The van der Waals surface area contributed by atoms with Crippen LogP contribution in [0.5, 0.6) is 5.75 Å². The molecular weight excluding hydrogens is 252 g/mol. The minimum atomic E-state index is -0.214. The SMILES string of the molecule is Cc1ccc(NC(=O)COc2ccc(C)cc2N)cc1. The molecule has 0 saturated heterocycles. The fraction of sp³-hybridized carbons (Fsp3) is 0.188. The third-order valence-corrected chi connectivity index (χ3v) is 2.86. The Kier molecular flexibility index (Phi) is 4.25. The van der Waals surface area contributed by atoms with Crippen molar-refractivity contribution in [3.8, 4) is 5.75 Å². The van der Waals surface area contributed by atoms with Crippen molar-refractivity contribution in [3.63, 3.8) is 0 Å². The van der Waals surface area contributed by atoms with Crippen LogP contribution in [0.25, 0.3) is 0 Å². The number of benzene rings is 2. The van der Waals surface area contributed by atoms with E-state index in [-0.39, 0.29) is 12.5 Å². The van der Waals surface area contributed by atoms with Crippen LogP contribution < -0.4 is 15.8 Å². The predicted octanol–water partition coefficient (Wildman–Crippen LogP) is 2.90. The van der Waals surface area contributed by atoms with Crippen LogP contribution in [0.3, 0.4) is 0 Å². The summed E-state index contributed by atoms with van der Waals surface area (Å²) in [6, 6.07) is 13.1. The van der Waals surface area contributed by atoms with E-state index in [2.05, 4.69) is 5.32 Å². The van der Waals surface area contributed by atoms with Gasteiger partial charge < -0.3 is 15.8 Å². The molecule has 2 aromatic carbocycles. The van der Waals surface area contributed by atoms with Gasteiger partial charge in [-0.3, -0.25) is 4.79 Å². The lowest BCUT2D eigenvalue weighted by Gasteiger charge is -2.10. The van der Waals surface area contributed by atoms with E-state index in [1.807, 2.05) is 50.2 Å². The van der Waals surface area contributed by atoms with E-state index in [0.29, 0.717) is 11.4 Å². The Morgan fingerprint density at radius 1 is 1.10 bits per heavy atom. The topological polar surface area (TPSA) is 64.3 Å². The standard InChI is InChI=1S/C16H18N2O2/c1-11-3-6-13(7-4-11)18-16(19)10-20-15-8-5-12(2)9-14(15)17/h3-9H,10,17H2,1-2H3,(H,18,19). The van der Waals surface area contributed by atoms with Crippen LogP contribution in [0.2, 0.25) is 0 Å². The largest absolute Gasteiger partial charge is 0.482 e. The number of carbonyl (C=O) groups is 1. The Balaban J connectivity index is 1.90. The van der Waals surface area contributed by atoms with Crippen molar-refractivity contribution < 1.29 is 9.53 Å². The summed E-state index contributed by atoms with van der Waals surface area (Å²) in [4.78, 5) is 11.8. The fourth-order valence-corrected chi connectivity index (χ4v) is 1.78. The summed E-state index contributed by atoms with van der Waals surface area (Å²) in [5, 5.41) is 2.77. The Morgan fingerprint density at radius 2 is 1.75 bits per heavy atom. The molecule has 0 radical (unpaired) electrons. The number of nitrogen functional groups attached to an aromatic ring is 1. The van der Waals surface area contributed by atoms with E-state index in [0.717, 1.165) is 16.8 Å². The number of rotatable bonds is 4. The first-order chi connectivity index (χ1) is 9.54. The minimum absolute atomic E-state index is 0.0683. The lowest BCUT2D eigenvalue weighted by Crippen LogP contribution is -2.20. The molecule has 0 fully saturated rings. The van der Waals surface area contributed by atoms with Crippen LogP contribution in [-0.4, -0.2) is 12.5 Å². The number of ether oxygens (including phenoxy) is 1. The average molecular weight is 270 g/mol. The van der Waals surface area contributed by atoms with E-state index >= 15 is 0 Å². The van der Waals surface area contributed by atoms with Crippen LogP contribution in [-0.2, 0) is 4.79 Å². The molecule has 0 spiro atoms. The van der Waals surface area contributed by atoms with Crippen molar-refractivity contribution in [2.75, 3.05) is 17.7 Å². The first-order valence-corrected chi connectivity index (χ1v) is 6.40. The van der Waals surface area contributed by atoms with Crippen molar-refractivity contribution in [3.05, 3.63) is 53.6 Å². The summed E-state index contributed by atoms with van der Waals surface area (Å²) in [5.74, 6) is 0.309. The van der Waals surface area contributed by atoms with Crippen LogP contribution in [0.4, 0.5) is 11.4 Å². The number of hydrogen-bond acceptors (Lipinski definition) is 3. The Labute approximate surface area is 118 Å². The molecule has 0 atom stereocenters. The molecule has 4 heteroatoms. The molecule has 0 aromatic heterocycles. The molecule has 0 heterocycles. The molecule has 2 aromatic rings. The second kappa shape index (κ2) is 6.10. The van der Waals surface area contributed by atoms with Gasteiger partial charge in [0.1, 0.15) is 5.75 Å². The predicted molar refractivity (Wildman–Crippen MR) is 80.9 cm³/mol. The molecule has 0 aliphatic heterocycles. The highest BCUT2D eigenvalue weighted by atomic mass is 16.5. The van der Waals surface area contributed by atoms with Gasteiger partial charge in [0, 0.05) is 5.69 Å². The van der Waals surface area contributed by atoms with Gasteiger partial charge in [-0.2, -0.15) is 0 Å². The second-order valence-electron chi connectivity index (χ2n) is 4.74. The number of carbonyl (C=O) groups excluding carboxylic acids is 1. The van der Waals surface area contributed by atoms with Gasteiger partial charge in [0.2, 0.25) is 0 Å². The van der Waals surface area contributed by atoms with Crippen LogP contribution in [0.1, 0.15) is 11.1 Å². The summed E-state index contributed by atoms with van der Waals surface area (Å²) >= 11 is 0. The quantitative estimate of drug-likeness (QED) is 0.840. The van der Waals surface area contributed by atoms with Crippen molar-refractivity contribution in [2.45, 2.75) is 13.8 Å². The maximum Gasteiger partial charge on any atom is 0.262 e. The normalized spacial score (nSPS) is 10.1. The van der Waals surface area contributed by atoms with Crippen molar-refractivity contribution in [1.82, 2.24) is 0 Å². The van der Waals surface area contributed by atoms with Crippen molar-refractivity contribution >= 4 is 17.3 Å². The van der Waals surface area contributed by atoms with E-state index < -0.39 is 0 Å². The molecule has 0 bridgehead atoms. The van der Waals surface area contributed by atoms with Gasteiger partial charge in [-0.1, -0.05) is 23.8 Å². The molecule has 4 nitrogen and oxygen atoms in total. The summed E-state index contributed by atoms with van der Waals surface area (Å²) in [6.07, 6.45) is 0. The van der Waals surface area contributed by atoms with Gasteiger partial charge in [-0.15, -0.1) is 0 Å². The minimum Gasteiger partial charge on any atom is -0.482 e. The number of nitrogens with one attached hydrogen (secondary N) is 1. The summed E-state index contributed by atoms with van der Waals surface area (Å²) in [7, 11) is 0. The highest BCUT2D eigenvalue weighted by Crippen LogP contribution is 2.22. The molecule has 0 aliphatic rings. The highest BCUT2D eigenvalue weighted by Gasteiger charge is 2.06. The van der Waals surface area contributed by atoms with E-state index in [9.17, 15) is 4.79 Å². The van der Waals surface area contributed by atoms with Crippen LogP contribution in [0, 0.1) is 13.8 Å². The first kappa shape index (κ1) is 13.9. The van der Waals surface area contributed by atoms with Gasteiger partial charge in [-0.25, -0.2) is 0 Å². The second-order valence-corrected chi connectivity index (χ2v) is 4.74. The van der Waals surface area contributed by atoms with Gasteiger partial charge in [0.25, 0.3) is 5.91 Å². The zero-order valence-corrected chi connectivity index (χ0v) is 11.6. The lowest BCUT2D eigenvalue weighted by molar-refractivity contribution is -0.118. The zero-order chi connectivity index (χ0) is 14.5. The molecule has 20 heavy (non-hydrogen) atoms. The number of aryl methyl sites for hydroxylation is 2. The van der Waals surface area contributed by atoms with Gasteiger partial charge >= 0.3 is 0 Å². The van der Waals surface area contributed by atoms with E-state index in [1.165, 1.54) is 0 Å². The molecule has 3 N–H and O–H groups in total. The smallest absolute Gasteiger partial charge is 0.262 e. The third kappa shape index (κ3) is 3.75. The maximum atomic E-state index is 11.8. The summed E-state index contributed by atoms with van der Waals surface area (Å²) in [5.41, 5.74) is 9.31. The van der Waals surface area contributed by atoms with E-state index in [1.54, 1.807) is 6.07 Å². The maximum absolute atomic E-state index is 11.8. The Morgan fingerprint density at radius 3 is 2.40 bits per heavy atom. The number of hydrogen-bond donors (Lipinski definition) is 2. The van der Waals surface area contributed by atoms with Gasteiger partial charge in [0.15, 0.2) is 6.61 Å². The van der Waals surface area contributed by atoms with Crippen molar-refractivity contribution in [1.29, 1.82) is 0 Å². The highest BCUT2D eigenvalue weighted by molar-refractivity contribution is 5.91. The molecule has 0 saturated carbocycles. The van der Waals surface area contributed by atoms with E-state index in [4.69, 9.17) is 10.5 Å². The van der Waals surface area contributed by atoms with Gasteiger partial charge in [0.05, 0.1) is 5.69 Å². The molecule has 104 valence electrons. The number of anilines is 2. The van der Waals surface area contributed by atoms with Crippen LogP contribution >= 0.6 is 0 Å². The van der Waals surface area contributed by atoms with Gasteiger partial charge in [-0.05, 0) is 43.7 Å². The summed E-state index contributed by atoms with van der Waals surface area (Å²) in [6.45, 7) is 3.88. The third-order valence-electron chi connectivity index (χ3n) is 2.86. The zero-order valence-electron chi connectivity index (χ0n) is 11.6. The number of nitrogens with two attached hydrogens (primary N) is 1. The molecule has 0 aliphatic carbocycles. The van der Waals surface area contributed by atoms with Crippen LogP contribution in [0.15, 0.2) is 42.5 Å². The fourth-order valence-electron chi connectivity index (χ4n) is 1.78. The molecule has 0 unspecified atom stereocenters. The Hall–Kier alpha value is -2.49. The Bertz CT molecular complexity index is 606. The average Bonchev–Trinajstić information content (AvgIpc) is 2.40.